The van der Waals surface area contributed by atoms with Crippen LogP contribution in [0.2, 0.25) is 0 Å². The number of hydrogen-bond acceptors (Lipinski definition) is 2. The lowest BCUT2D eigenvalue weighted by molar-refractivity contribution is -0.126. The van der Waals surface area contributed by atoms with Crippen molar-refractivity contribution in [2.75, 3.05) is 13.2 Å². The topological polar surface area (TPSA) is 26.3 Å². The Morgan fingerprint density at radius 2 is 1.75 bits per heavy atom. The third-order valence-corrected chi connectivity index (χ3v) is 5.13. The summed E-state index contributed by atoms with van der Waals surface area (Å²) in [7, 11) is 0. The van der Waals surface area contributed by atoms with Gasteiger partial charge in [0.25, 0.3) is 0 Å². The number of ketones is 1. The molecular formula is C18H24O2. The molecule has 1 heterocycles. The molecule has 2 aliphatic rings. The predicted molar refractivity (Wildman–Crippen MR) is 79.8 cm³/mol. The van der Waals surface area contributed by atoms with E-state index >= 15 is 0 Å². The summed E-state index contributed by atoms with van der Waals surface area (Å²) in [6.07, 6.45) is 7.31. The van der Waals surface area contributed by atoms with E-state index in [2.05, 4.69) is 24.3 Å². The monoisotopic (exact) mass is 272 g/mol. The van der Waals surface area contributed by atoms with Gasteiger partial charge in [-0.2, -0.15) is 0 Å². The summed E-state index contributed by atoms with van der Waals surface area (Å²) in [6.45, 7) is 1.66. The van der Waals surface area contributed by atoms with E-state index < -0.39 is 0 Å². The Morgan fingerprint density at radius 1 is 1.10 bits per heavy atom. The lowest BCUT2D eigenvalue weighted by Gasteiger charge is -2.31. The molecule has 1 aliphatic heterocycles. The molecule has 3 rings (SSSR count). The summed E-state index contributed by atoms with van der Waals surface area (Å²) in [6, 6.07) is 10.5. The van der Waals surface area contributed by atoms with Gasteiger partial charge >= 0.3 is 0 Å². The predicted octanol–water partition coefficient (Wildman–Crippen LogP) is 3.88. The number of ether oxygens (including phenoxy) is 1. The average Bonchev–Trinajstić information content (AvgIpc) is 3.00. The van der Waals surface area contributed by atoms with Crippen LogP contribution in [0, 0.1) is 5.92 Å². The maximum Gasteiger partial charge on any atom is 0.143 e. The standard InChI is InChI=1S/C18H24O2/c19-17(14-15-8-12-20-13-9-15)18(10-4-5-11-18)16-6-2-1-3-7-16/h1-3,6-7,15H,4-5,8-14H2. The van der Waals surface area contributed by atoms with Crippen molar-refractivity contribution in [3.63, 3.8) is 0 Å². The average molecular weight is 272 g/mol. The zero-order chi connectivity index (χ0) is 13.8. The second-order valence-corrected chi connectivity index (χ2v) is 6.34. The van der Waals surface area contributed by atoms with Gasteiger partial charge in [0.1, 0.15) is 5.78 Å². The first-order valence-electron chi connectivity index (χ1n) is 7.98. The quantitative estimate of drug-likeness (QED) is 0.831. The van der Waals surface area contributed by atoms with Gasteiger partial charge in [-0.15, -0.1) is 0 Å². The van der Waals surface area contributed by atoms with Crippen LogP contribution in [0.1, 0.15) is 50.5 Å². The first kappa shape index (κ1) is 13.8. The fourth-order valence-corrected chi connectivity index (χ4v) is 3.87. The van der Waals surface area contributed by atoms with E-state index in [0.29, 0.717) is 11.7 Å². The number of hydrogen-bond donors (Lipinski definition) is 0. The van der Waals surface area contributed by atoms with Crippen molar-refractivity contribution in [3.8, 4) is 0 Å². The van der Waals surface area contributed by atoms with E-state index in [1.165, 1.54) is 18.4 Å². The molecule has 0 radical (unpaired) electrons. The molecule has 1 saturated heterocycles. The molecule has 0 spiro atoms. The van der Waals surface area contributed by atoms with Gasteiger partial charge in [0, 0.05) is 19.6 Å². The highest BCUT2D eigenvalue weighted by Crippen LogP contribution is 2.43. The molecule has 0 amide bonds. The van der Waals surface area contributed by atoms with Gasteiger partial charge in [-0.1, -0.05) is 43.2 Å². The molecule has 108 valence electrons. The molecule has 20 heavy (non-hydrogen) atoms. The van der Waals surface area contributed by atoms with Crippen molar-refractivity contribution in [3.05, 3.63) is 35.9 Å². The minimum Gasteiger partial charge on any atom is -0.381 e. The first-order chi connectivity index (χ1) is 9.81. The van der Waals surface area contributed by atoms with E-state index in [1.54, 1.807) is 0 Å². The number of carbonyl (C=O) groups excluding carboxylic acids is 1. The minimum atomic E-state index is -0.181. The number of Topliss-reactive ketones (excluding diaryl/α,β-unsaturated/α-hetero) is 1. The molecule has 0 atom stereocenters. The van der Waals surface area contributed by atoms with E-state index in [9.17, 15) is 4.79 Å². The first-order valence-corrected chi connectivity index (χ1v) is 7.98. The normalized spacial score (nSPS) is 22.8. The summed E-state index contributed by atoms with van der Waals surface area (Å²) in [5.41, 5.74) is 1.06. The van der Waals surface area contributed by atoms with Crippen LogP contribution in [0.4, 0.5) is 0 Å². The number of rotatable bonds is 4. The maximum atomic E-state index is 13.0. The SMILES string of the molecule is O=C(CC1CCOCC1)C1(c2ccccc2)CCCC1. The Morgan fingerprint density at radius 3 is 2.40 bits per heavy atom. The van der Waals surface area contributed by atoms with Crippen molar-refractivity contribution in [1.82, 2.24) is 0 Å². The Bertz CT molecular complexity index is 440. The second kappa shape index (κ2) is 6.09. The summed E-state index contributed by atoms with van der Waals surface area (Å²) in [4.78, 5) is 13.0. The molecule has 1 aliphatic carbocycles. The molecule has 1 saturated carbocycles. The Hall–Kier alpha value is -1.15. The van der Waals surface area contributed by atoms with Crippen molar-refractivity contribution in [2.45, 2.75) is 50.4 Å². The zero-order valence-electron chi connectivity index (χ0n) is 12.1. The molecule has 2 heteroatoms. The van der Waals surface area contributed by atoms with Crippen molar-refractivity contribution < 1.29 is 9.53 Å². The number of benzene rings is 1. The Labute approximate surface area is 121 Å². The lowest BCUT2D eigenvalue weighted by atomic mass is 9.72. The van der Waals surface area contributed by atoms with Crippen molar-refractivity contribution in [2.24, 2.45) is 5.92 Å². The van der Waals surface area contributed by atoms with Crippen LogP contribution in [0.15, 0.2) is 30.3 Å². The summed E-state index contributed by atoms with van der Waals surface area (Å²) in [5.74, 6) is 1.02. The highest BCUT2D eigenvalue weighted by Gasteiger charge is 2.42. The van der Waals surface area contributed by atoms with Gasteiger partial charge in [-0.05, 0) is 37.2 Å². The fourth-order valence-electron chi connectivity index (χ4n) is 3.87. The minimum absolute atomic E-state index is 0.181. The summed E-state index contributed by atoms with van der Waals surface area (Å²) < 4.78 is 5.41. The third kappa shape index (κ3) is 2.67. The Kier molecular flexibility index (Phi) is 4.21. The molecule has 2 nitrogen and oxygen atoms in total. The largest absolute Gasteiger partial charge is 0.381 e. The maximum absolute atomic E-state index is 13.0. The van der Waals surface area contributed by atoms with Crippen LogP contribution in [0.3, 0.4) is 0 Å². The summed E-state index contributed by atoms with van der Waals surface area (Å²) in [5, 5.41) is 0. The third-order valence-electron chi connectivity index (χ3n) is 5.13. The van der Waals surface area contributed by atoms with E-state index in [0.717, 1.165) is 45.3 Å². The van der Waals surface area contributed by atoms with Crippen LogP contribution < -0.4 is 0 Å². The summed E-state index contributed by atoms with van der Waals surface area (Å²) >= 11 is 0. The second-order valence-electron chi connectivity index (χ2n) is 6.34. The van der Waals surface area contributed by atoms with Gasteiger partial charge in [-0.3, -0.25) is 4.79 Å². The molecule has 1 aromatic rings. The van der Waals surface area contributed by atoms with Crippen molar-refractivity contribution in [1.29, 1.82) is 0 Å². The van der Waals surface area contributed by atoms with Crippen molar-refractivity contribution >= 4 is 5.78 Å². The molecule has 0 bridgehead atoms. The Balaban J connectivity index is 1.78. The smallest absolute Gasteiger partial charge is 0.143 e. The van der Waals surface area contributed by atoms with E-state index in [-0.39, 0.29) is 5.41 Å². The lowest BCUT2D eigenvalue weighted by Crippen LogP contribution is -2.35. The van der Waals surface area contributed by atoms with E-state index in [4.69, 9.17) is 4.74 Å². The van der Waals surface area contributed by atoms with Crippen LogP contribution in [-0.2, 0) is 14.9 Å². The number of carbonyl (C=O) groups is 1. The van der Waals surface area contributed by atoms with Gasteiger partial charge in [0.15, 0.2) is 0 Å². The van der Waals surface area contributed by atoms with Crippen LogP contribution in [-0.4, -0.2) is 19.0 Å². The van der Waals surface area contributed by atoms with Gasteiger partial charge in [0.2, 0.25) is 0 Å². The fraction of sp³-hybridized carbons (Fsp3) is 0.611. The molecule has 0 unspecified atom stereocenters. The molecule has 0 N–H and O–H groups in total. The molecular weight excluding hydrogens is 248 g/mol. The molecule has 2 fully saturated rings. The van der Waals surface area contributed by atoms with Crippen LogP contribution in [0.25, 0.3) is 0 Å². The molecule has 0 aromatic heterocycles. The highest BCUT2D eigenvalue weighted by molar-refractivity contribution is 5.90. The highest BCUT2D eigenvalue weighted by atomic mass is 16.5. The zero-order valence-corrected chi connectivity index (χ0v) is 12.1. The van der Waals surface area contributed by atoms with Crippen LogP contribution in [0.5, 0.6) is 0 Å². The molecule has 1 aromatic carbocycles. The van der Waals surface area contributed by atoms with E-state index in [1.807, 2.05) is 6.07 Å². The van der Waals surface area contributed by atoms with Gasteiger partial charge in [0.05, 0.1) is 5.41 Å². The van der Waals surface area contributed by atoms with Gasteiger partial charge < -0.3 is 4.74 Å². The van der Waals surface area contributed by atoms with Gasteiger partial charge in [-0.25, -0.2) is 0 Å². The van der Waals surface area contributed by atoms with Crippen LogP contribution >= 0.6 is 0 Å².